The van der Waals surface area contributed by atoms with E-state index in [1.807, 2.05) is 0 Å². The number of aryl methyl sites for hydroxylation is 1. The summed E-state index contributed by atoms with van der Waals surface area (Å²) in [5.41, 5.74) is -2.84. The van der Waals surface area contributed by atoms with E-state index in [1.54, 1.807) is 30.5 Å². The van der Waals surface area contributed by atoms with Gasteiger partial charge in [0.05, 0.1) is 6.04 Å². The Kier molecular flexibility index (Phi) is 4.53. The number of carbonyl (C=O) groups excluding carboxylic acids is 2. The summed E-state index contributed by atoms with van der Waals surface area (Å²) in [5, 5.41) is 15.8. The number of aliphatic hydroxyl groups is 1. The van der Waals surface area contributed by atoms with Crippen LogP contribution in [0.3, 0.4) is 0 Å². The molecule has 0 saturated carbocycles. The SMILES string of the molecule is Cc1ccc(C(=O)[C@@H]2[C@H](c3cccs3)NC(=O)N[C@@]2(O)C(F)(F)F)cc1. The van der Waals surface area contributed by atoms with Crippen LogP contribution in [0.5, 0.6) is 0 Å². The van der Waals surface area contributed by atoms with Gasteiger partial charge in [-0.1, -0.05) is 35.9 Å². The minimum absolute atomic E-state index is 0.0165. The molecule has 0 aliphatic carbocycles. The maximum absolute atomic E-state index is 13.7. The Morgan fingerprint density at radius 3 is 2.42 bits per heavy atom. The first kappa shape index (κ1) is 18.4. The number of thiophene rings is 1. The molecule has 1 saturated heterocycles. The van der Waals surface area contributed by atoms with Gasteiger partial charge < -0.3 is 15.7 Å². The fraction of sp³-hybridized carbons (Fsp3) is 0.294. The minimum atomic E-state index is -5.24. The number of alkyl halides is 3. The molecule has 1 aliphatic heterocycles. The highest BCUT2D eigenvalue weighted by atomic mass is 32.1. The van der Waals surface area contributed by atoms with Crippen molar-refractivity contribution in [2.45, 2.75) is 24.9 Å². The summed E-state index contributed by atoms with van der Waals surface area (Å²) in [6.07, 6.45) is -5.24. The van der Waals surface area contributed by atoms with Gasteiger partial charge in [0.15, 0.2) is 5.78 Å². The van der Waals surface area contributed by atoms with Crippen molar-refractivity contribution >= 4 is 23.2 Å². The molecule has 1 aromatic heterocycles. The molecule has 2 aromatic rings. The molecule has 0 radical (unpaired) electrons. The molecule has 138 valence electrons. The number of rotatable bonds is 3. The zero-order valence-electron chi connectivity index (χ0n) is 13.5. The van der Waals surface area contributed by atoms with Crippen LogP contribution in [0.4, 0.5) is 18.0 Å². The van der Waals surface area contributed by atoms with Gasteiger partial charge in [0.25, 0.3) is 0 Å². The number of halogens is 3. The molecular weight excluding hydrogens is 369 g/mol. The van der Waals surface area contributed by atoms with Crippen LogP contribution in [-0.4, -0.2) is 28.8 Å². The second-order valence-electron chi connectivity index (χ2n) is 6.06. The topological polar surface area (TPSA) is 78.4 Å². The van der Waals surface area contributed by atoms with Crippen molar-refractivity contribution in [1.29, 1.82) is 0 Å². The third-order valence-electron chi connectivity index (χ3n) is 4.27. The lowest BCUT2D eigenvalue weighted by molar-refractivity contribution is -0.287. The second-order valence-corrected chi connectivity index (χ2v) is 7.04. The Morgan fingerprint density at radius 1 is 1.23 bits per heavy atom. The minimum Gasteiger partial charge on any atom is -0.363 e. The molecule has 0 bridgehead atoms. The molecule has 9 heteroatoms. The highest BCUT2D eigenvalue weighted by Crippen LogP contribution is 2.44. The normalized spacial score (nSPS) is 26.1. The first-order valence-corrected chi connectivity index (χ1v) is 8.53. The number of Topliss-reactive ketones (excluding diaryl/α,β-unsaturated/α-hetero) is 1. The second kappa shape index (κ2) is 6.40. The summed E-state index contributed by atoms with van der Waals surface area (Å²) in [5.74, 6) is -2.91. The molecule has 2 amide bonds. The smallest absolute Gasteiger partial charge is 0.363 e. The maximum Gasteiger partial charge on any atom is 0.437 e. The fourth-order valence-electron chi connectivity index (χ4n) is 2.94. The van der Waals surface area contributed by atoms with Crippen molar-refractivity contribution in [2.24, 2.45) is 5.92 Å². The lowest BCUT2D eigenvalue weighted by Gasteiger charge is -2.44. The first-order valence-electron chi connectivity index (χ1n) is 7.65. The molecule has 1 aromatic carbocycles. The summed E-state index contributed by atoms with van der Waals surface area (Å²) in [4.78, 5) is 25.1. The molecule has 5 nitrogen and oxygen atoms in total. The van der Waals surface area contributed by atoms with Gasteiger partial charge in [0.2, 0.25) is 5.72 Å². The molecular formula is C17H15F3N2O3S. The van der Waals surface area contributed by atoms with Gasteiger partial charge in [0, 0.05) is 10.4 Å². The van der Waals surface area contributed by atoms with E-state index < -0.39 is 35.7 Å². The Hall–Kier alpha value is -2.39. The van der Waals surface area contributed by atoms with Crippen LogP contribution in [0.25, 0.3) is 0 Å². The van der Waals surface area contributed by atoms with Crippen molar-refractivity contribution < 1.29 is 27.9 Å². The largest absolute Gasteiger partial charge is 0.437 e. The van der Waals surface area contributed by atoms with Crippen LogP contribution in [0.2, 0.25) is 0 Å². The quantitative estimate of drug-likeness (QED) is 0.712. The lowest BCUT2D eigenvalue weighted by Crippen LogP contribution is -2.72. The monoisotopic (exact) mass is 384 g/mol. The maximum atomic E-state index is 13.7. The summed E-state index contributed by atoms with van der Waals surface area (Å²) in [6.45, 7) is 1.77. The van der Waals surface area contributed by atoms with E-state index in [0.29, 0.717) is 4.88 Å². The average molecular weight is 384 g/mol. The zero-order chi connectivity index (χ0) is 19.1. The molecule has 3 rings (SSSR count). The third-order valence-corrected chi connectivity index (χ3v) is 5.23. The number of nitrogens with one attached hydrogen (secondary N) is 2. The average Bonchev–Trinajstić information content (AvgIpc) is 3.07. The van der Waals surface area contributed by atoms with Gasteiger partial charge >= 0.3 is 12.2 Å². The van der Waals surface area contributed by atoms with Gasteiger partial charge in [-0.3, -0.25) is 4.79 Å². The molecule has 3 N–H and O–H groups in total. The molecule has 0 unspecified atom stereocenters. The van der Waals surface area contributed by atoms with Gasteiger partial charge in [-0.05, 0) is 18.4 Å². The number of amides is 2. The van der Waals surface area contributed by atoms with Crippen LogP contribution in [0, 0.1) is 12.8 Å². The standard InChI is InChI=1S/C17H15F3N2O3S/c1-9-4-6-10(7-5-9)14(23)12-13(11-3-2-8-26-11)21-15(24)22-16(12,25)17(18,19)20/h2-8,12-13,25H,1H3,(H2,21,22,24)/t12-,13-,16-/m0/s1. The zero-order valence-corrected chi connectivity index (χ0v) is 14.3. The Morgan fingerprint density at radius 2 is 1.88 bits per heavy atom. The van der Waals surface area contributed by atoms with E-state index in [2.05, 4.69) is 5.32 Å². The molecule has 26 heavy (non-hydrogen) atoms. The van der Waals surface area contributed by atoms with Crippen molar-refractivity contribution in [3.05, 3.63) is 57.8 Å². The third kappa shape index (κ3) is 3.08. The summed E-state index contributed by atoms with van der Waals surface area (Å²) in [7, 11) is 0. The molecule has 1 aliphatic rings. The van der Waals surface area contributed by atoms with E-state index >= 15 is 0 Å². The van der Waals surface area contributed by atoms with Gasteiger partial charge in [-0.25, -0.2) is 4.79 Å². The first-order chi connectivity index (χ1) is 12.1. The van der Waals surface area contributed by atoms with Crippen LogP contribution in [-0.2, 0) is 0 Å². The summed E-state index contributed by atoms with van der Waals surface area (Å²) in [6, 6.07) is 6.57. The Balaban J connectivity index is 2.13. The molecule has 1 fully saturated rings. The molecule has 3 atom stereocenters. The van der Waals surface area contributed by atoms with E-state index in [0.717, 1.165) is 16.9 Å². The van der Waals surface area contributed by atoms with Crippen LogP contribution < -0.4 is 10.6 Å². The molecule has 2 heterocycles. The highest BCUT2D eigenvalue weighted by Gasteiger charge is 2.66. The lowest BCUT2D eigenvalue weighted by atomic mass is 9.79. The number of ketones is 1. The van der Waals surface area contributed by atoms with Crippen LogP contribution in [0.15, 0.2) is 41.8 Å². The number of hydrogen-bond donors (Lipinski definition) is 3. The number of benzene rings is 1. The van der Waals surface area contributed by atoms with Gasteiger partial charge in [-0.15, -0.1) is 11.3 Å². The van der Waals surface area contributed by atoms with E-state index in [9.17, 15) is 27.9 Å². The van der Waals surface area contributed by atoms with E-state index in [-0.39, 0.29) is 5.56 Å². The van der Waals surface area contributed by atoms with Crippen molar-refractivity contribution in [1.82, 2.24) is 10.6 Å². The summed E-state index contributed by atoms with van der Waals surface area (Å²) < 4.78 is 41.0. The predicted octanol–water partition coefficient (Wildman–Crippen LogP) is 3.16. The van der Waals surface area contributed by atoms with Gasteiger partial charge in [-0.2, -0.15) is 13.2 Å². The van der Waals surface area contributed by atoms with E-state index in [1.165, 1.54) is 23.5 Å². The van der Waals surface area contributed by atoms with E-state index in [4.69, 9.17) is 0 Å². The predicted molar refractivity (Wildman–Crippen MR) is 88.7 cm³/mol. The molecule has 0 spiro atoms. The van der Waals surface area contributed by atoms with Crippen molar-refractivity contribution in [2.75, 3.05) is 0 Å². The highest BCUT2D eigenvalue weighted by molar-refractivity contribution is 7.10. The Labute approximate surface area is 150 Å². The van der Waals surface area contributed by atoms with Crippen molar-refractivity contribution in [3.63, 3.8) is 0 Å². The number of urea groups is 1. The van der Waals surface area contributed by atoms with Crippen LogP contribution >= 0.6 is 11.3 Å². The van der Waals surface area contributed by atoms with Crippen LogP contribution in [0.1, 0.15) is 26.8 Å². The van der Waals surface area contributed by atoms with Crippen molar-refractivity contribution in [3.8, 4) is 0 Å². The summed E-state index contributed by atoms with van der Waals surface area (Å²) >= 11 is 1.09. The van der Waals surface area contributed by atoms with Gasteiger partial charge in [0.1, 0.15) is 5.92 Å². The number of carbonyl (C=O) groups is 2. The Bertz CT molecular complexity index is 821. The fourth-order valence-corrected chi connectivity index (χ4v) is 3.76. The number of hydrogen-bond acceptors (Lipinski definition) is 4.